The third kappa shape index (κ3) is 3.05. The van der Waals surface area contributed by atoms with E-state index in [0.717, 1.165) is 39.3 Å². The van der Waals surface area contributed by atoms with Crippen LogP contribution in [0.3, 0.4) is 0 Å². The van der Waals surface area contributed by atoms with E-state index < -0.39 is 0 Å². The third-order valence-corrected chi connectivity index (χ3v) is 4.57. The Bertz CT molecular complexity index is 254. The second-order valence-electron chi connectivity index (χ2n) is 5.69. The Labute approximate surface area is 111 Å². The van der Waals surface area contributed by atoms with Crippen LogP contribution in [0.4, 0.5) is 0 Å². The van der Waals surface area contributed by atoms with E-state index in [4.69, 9.17) is 9.47 Å². The predicted octanol–water partition coefficient (Wildman–Crippen LogP) is 1.25. The topological polar surface area (TPSA) is 33.7 Å². The molecule has 0 bridgehead atoms. The van der Waals surface area contributed by atoms with Crippen LogP contribution in [0, 0.1) is 0 Å². The van der Waals surface area contributed by atoms with Gasteiger partial charge in [0.1, 0.15) is 5.60 Å². The normalized spacial score (nSPS) is 38.2. The molecule has 0 aliphatic carbocycles. The van der Waals surface area contributed by atoms with Gasteiger partial charge in [-0.25, -0.2) is 0 Å². The lowest BCUT2D eigenvalue weighted by atomic mass is 9.98. The van der Waals surface area contributed by atoms with Crippen LogP contribution in [0.2, 0.25) is 0 Å². The molecule has 106 valence electrons. The second kappa shape index (κ2) is 6.33. The zero-order valence-corrected chi connectivity index (χ0v) is 12.1. The van der Waals surface area contributed by atoms with Crippen molar-refractivity contribution in [3.63, 3.8) is 0 Å². The quantitative estimate of drug-likeness (QED) is 0.803. The molecule has 0 spiro atoms. The standard InChI is InChI=1S/C14H28N2O2/c1-4-12-9-16(13(5-2)8-15-12)10-14(17-3)6-7-18-11-14/h12-13,15H,4-11H2,1-3H3. The lowest BCUT2D eigenvalue weighted by Gasteiger charge is -2.43. The van der Waals surface area contributed by atoms with Crippen molar-refractivity contribution in [2.75, 3.05) is 40.0 Å². The Morgan fingerprint density at radius 3 is 2.78 bits per heavy atom. The molecule has 0 aromatic carbocycles. The molecule has 0 saturated carbocycles. The van der Waals surface area contributed by atoms with Crippen LogP contribution >= 0.6 is 0 Å². The van der Waals surface area contributed by atoms with Crippen molar-refractivity contribution in [1.82, 2.24) is 10.2 Å². The minimum Gasteiger partial charge on any atom is -0.378 e. The van der Waals surface area contributed by atoms with Gasteiger partial charge in [0.15, 0.2) is 0 Å². The fraction of sp³-hybridized carbons (Fsp3) is 1.00. The van der Waals surface area contributed by atoms with Gasteiger partial charge in [0.05, 0.1) is 6.61 Å². The molecule has 18 heavy (non-hydrogen) atoms. The van der Waals surface area contributed by atoms with Crippen LogP contribution in [-0.4, -0.2) is 62.5 Å². The molecule has 2 aliphatic rings. The van der Waals surface area contributed by atoms with Gasteiger partial charge in [0.2, 0.25) is 0 Å². The summed E-state index contributed by atoms with van der Waals surface area (Å²) in [6, 6.07) is 1.27. The number of rotatable bonds is 5. The number of nitrogens with zero attached hydrogens (tertiary/aromatic N) is 1. The van der Waals surface area contributed by atoms with Crippen LogP contribution < -0.4 is 5.32 Å². The van der Waals surface area contributed by atoms with E-state index in [1.165, 1.54) is 12.8 Å². The van der Waals surface area contributed by atoms with Gasteiger partial charge in [-0.2, -0.15) is 0 Å². The SMILES string of the molecule is CCC1CN(CC2(OC)CCOC2)C(CC)CN1. The average molecular weight is 256 g/mol. The third-order valence-electron chi connectivity index (χ3n) is 4.57. The highest BCUT2D eigenvalue weighted by molar-refractivity contribution is 4.93. The van der Waals surface area contributed by atoms with Crippen LogP contribution in [0.25, 0.3) is 0 Å². The maximum Gasteiger partial charge on any atom is 0.106 e. The minimum absolute atomic E-state index is 0.0664. The van der Waals surface area contributed by atoms with E-state index in [-0.39, 0.29) is 5.60 Å². The highest BCUT2D eigenvalue weighted by Gasteiger charge is 2.39. The molecule has 3 atom stereocenters. The maximum atomic E-state index is 5.78. The van der Waals surface area contributed by atoms with E-state index in [2.05, 4.69) is 24.1 Å². The number of piperazine rings is 1. The molecule has 4 nitrogen and oxygen atoms in total. The van der Waals surface area contributed by atoms with Crippen molar-refractivity contribution in [2.24, 2.45) is 0 Å². The summed E-state index contributed by atoms with van der Waals surface area (Å²) in [6.45, 7) is 9.38. The molecular weight excluding hydrogens is 228 g/mol. The van der Waals surface area contributed by atoms with Gasteiger partial charge in [-0.05, 0) is 12.8 Å². The van der Waals surface area contributed by atoms with Crippen LogP contribution in [-0.2, 0) is 9.47 Å². The highest BCUT2D eigenvalue weighted by Crippen LogP contribution is 2.26. The molecule has 4 heteroatoms. The van der Waals surface area contributed by atoms with Crippen LogP contribution in [0.15, 0.2) is 0 Å². The zero-order chi connectivity index (χ0) is 13.0. The first kappa shape index (κ1) is 14.3. The number of methoxy groups -OCH3 is 1. The van der Waals surface area contributed by atoms with Crippen molar-refractivity contribution in [3.05, 3.63) is 0 Å². The largest absolute Gasteiger partial charge is 0.378 e. The smallest absolute Gasteiger partial charge is 0.106 e. The molecule has 3 unspecified atom stereocenters. The van der Waals surface area contributed by atoms with E-state index in [0.29, 0.717) is 12.1 Å². The summed E-state index contributed by atoms with van der Waals surface area (Å²) >= 11 is 0. The molecule has 2 rings (SSSR count). The van der Waals surface area contributed by atoms with E-state index in [1.807, 2.05) is 7.11 Å². The van der Waals surface area contributed by atoms with Crippen molar-refractivity contribution < 1.29 is 9.47 Å². The number of ether oxygens (including phenoxy) is 2. The summed E-state index contributed by atoms with van der Waals surface area (Å²) in [5, 5.41) is 3.64. The lowest BCUT2D eigenvalue weighted by Crippen LogP contribution is -2.60. The van der Waals surface area contributed by atoms with E-state index >= 15 is 0 Å². The summed E-state index contributed by atoms with van der Waals surface area (Å²) < 4.78 is 11.3. The summed E-state index contributed by atoms with van der Waals surface area (Å²) in [5.74, 6) is 0. The summed E-state index contributed by atoms with van der Waals surface area (Å²) in [7, 11) is 1.83. The van der Waals surface area contributed by atoms with Crippen LogP contribution in [0.5, 0.6) is 0 Å². The average Bonchev–Trinajstić information content (AvgIpc) is 2.88. The fourth-order valence-electron chi connectivity index (χ4n) is 3.11. The predicted molar refractivity (Wildman–Crippen MR) is 72.9 cm³/mol. The Kier molecular flexibility index (Phi) is 5.01. The molecule has 1 N–H and O–H groups in total. The van der Waals surface area contributed by atoms with Crippen molar-refractivity contribution in [1.29, 1.82) is 0 Å². The Morgan fingerprint density at radius 2 is 2.22 bits per heavy atom. The summed E-state index contributed by atoms with van der Waals surface area (Å²) in [6.07, 6.45) is 3.42. The first-order valence-electron chi connectivity index (χ1n) is 7.33. The van der Waals surface area contributed by atoms with Gasteiger partial charge in [-0.3, -0.25) is 4.90 Å². The number of nitrogens with one attached hydrogen (secondary N) is 1. The van der Waals surface area contributed by atoms with Gasteiger partial charge in [0.25, 0.3) is 0 Å². The zero-order valence-electron chi connectivity index (χ0n) is 12.1. The first-order valence-corrected chi connectivity index (χ1v) is 7.33. The monoisotopic (exact) mass is 256 g/mol. The molecule has 2 aliphatic heterocycles. The Hall–Kier alpha value is -0.160. The van der Waals surface area contributed by atoms with Crippen molar-refractivity contribution in [2.45, 2.75) is 50.8 Å². The molecular formula is C14H28N2O2. The lowest BCUT2D eigenvalue weighted by molar-refractivity contribution is -0.0555. The Morgan fingerprint density at radius 1 is 1.39 bits per heavy atom. The van der Waals surface area contributed by atoms with E-state index in [1.54, 1.807) is 0 Å². The number of hydrogen-bond acceptors (Lipinski definition) is 4. The molecule has 0 radical (unpaired) electrons. The molecule has 2 heterocycles. The summed E-state index contributed by atoms with van der Waals surface area (Å²) in [4.78, 5) is 2.61. The highest BCUT2D eigenvalue weighted by atomic mass is 16.5. The summed E-state index contributed by atoms with van der Waals surface area (Å²) in [5.41, 5.74) is -0.0664. The minimum atomic E-state index is -0.0664. The Balaban J connectivity index is 1.99. The van der Waals surface area contributed by atoms with Gasteiger partial charge in [-0.1, -0.05) is 13.8 Å². The van der Waals surface area contributed by atoms with Gasteiger partial charge < -0.3 is 14.8 Å². The van der Waals surface area contributed by atoms with Gasteiger partial charge >= 0.3 is 0 Å². The molecule has 2 saturated heterocycles. The molecule has 0 amide bonds. The second-order valence-corrected chi connectivity index (χ2v) is 5.69. The van der Waals surface area contributed by atoms with Crippen LogP contribution in [0.1, 0.15) is 33.1 Å². The van der Waals surface area contributed by atoms with E-state index in [9.17, 15) is 0 Å². The molecule has 0 aromatic heterocycles. The molecule has 0 aromatic rings. The first-order chi connectivity index (χ1) is 8.73. The van der Waals surface area contributed by atoms with Gasteiger partial charge in [0, 0.05) is 51.9 Å². The maximum absolute atomic E-state index is 5.78. The fourth-order valence-corrected chi connectivity index (χ4v) is 3.11. The van der Waals surface area contributed by atoms with Crippen molar-refractivity contribution >= 4 is 0 Å². The molecule has 2 fully saturated rings. The van der Waals surface area contributed by atoms with Gasteiger partial charge in [-0.15, -0.1) is 0 Å². The van der Waals surface area contributed by atoms with Crippen molar-refractivity contribution in [3.8, 4) is 0 Å². The number of hydrogen-bond donors (Lipinski definition) is 1.